The van der Waals surface area contributed by atoms with E-state index in [1.54, 1.807) is 10.4 Å². The highest BCUT2D eigenvalue weighted by molar-refractivity contribution is 7.19. The smallest absolute Gasteiger partial charge is 0.0719 e. The number of rotatable bonds is 3. The van der Waals surface area contributed by atoms with Crippen molar-refractivity contribution >= 4 is 21.4 Å². The van der Waals surface area contributed by atoms with Crippen LogP contribution in [0.4, 0.5) is 0 Å². The predicted molar refractivity (Wildman–Crippen MR) is 100 cm³/mol. The highest BCUT2D eigenvalue weighted by atomic mass is 32.1. The van der Waals surface area contributed by atoms with E-state index >= 15 is 0 Å². The van der Waals surface area contributed by atoms with Crippen molar-refractivity contribution in [3.63, 3.8) is 0 Å². The van der Waals surface area contributed by atoms with Crippen LogP contribution in [0.15, 0.2) is 30.5 Å². The second-order valence-electron chi connectivity index (χ2n) is 6.44. The monoisotopic (exact) mass is 321 g/mol. The number of aromatic nitrogens is 1. The van der Waals surface area contributed by atoms with Gasteiger partial charge < -0.3 is 0 Å². The Kier molecular flexibility index (Phi) is 3.94. The van der Waals surface area contributed by atoms with Gasteiger partial charge in [-0.15, -0.1) is 11.3 Å². The lowest BCUT2D eigenvalue weighted by Crippen LogP contribution is -1.97. The fourth-order valence-corrected chi connectivity index (χ4v) is 5.22. The molecule has 23 heavy (non-hydrogen) atoms. The van der Waals surface area contributed by atoms with Crippen LogP contribution in [0.25, 0.3) is 21.3 Å². The van der Waals surface area contributed by atoms with E-state index in [-0.39, 0.29) is 0 Å². The van der Waals surface area contributed by atoms with Crippen LogP contribution >= 0.6 is 11.3 Å². The molecule has 1 aromatic carbocycles. The lowest BCUT2D eigenvalue weighted by atomic mass is 9.95. The van der Waals surface area contributed by atoms with Crippen molar-refractivity contribution in [1.82, 2.24) is 4.98 Å². The molecule has 2 aromatic heterocycles. The molecule has 0 bridgehead atoms. The van der Waals surface area contributed by atoms with Crippen LogP contribution in [0.3, 0.4) is 0 Å². The standard InChI is InChI=1S/C21H23NS/c1-3-14-12-19(22-13-15(14)4-2)18-10-7-9-17-16-8-5-6-11-20(16)23-21(17)18/h7,9-10,12-13H,3-6,8,11H2,1-2H3. The van der Waals surface area contributed by atoms with Gasteiger partial charge in [0, 0.05) is 21.3 Å². The van der Waals surface area contributed by atoms with Crippen molar-refractivity contribution in [3.05, 3.63) is 52.0 Å². The molecule has 1 aliphatic carbocycles. The highest BCUT2D eigenvalue weighted by Crippen LogP contribution is 2.41. The Hall–Kier alpha value is -1.67. The van der Waals surface area contributed by atoms with Gasteiger partial charge in [-0.1, -0.05) is 32.0 Å². The Morgan fingerprint density at radius 1 is 1.04 bits per heavy atom. The van der Waals surface area contributed by atoms with Crippen LogP contribution in [-0.2, 0) is 25.7 Å². The third kappa shape index (κ3) is 2.49. The topological polar surface area (TPSA) is 12.9 Å². The molecule has 0 saturated heterocycles. The quantitative estimate of drug-likeness (QED) is 0.579. The van der Waals surface area contributed by atoms with Crippen molar-refractivity contribution in [2.75, 3.05) is 0 Å². The highest BCUT2D eigenvalue weighted by Gasteiger charge is 2.18. The van der Waals surface area contributed by atoms with E-state index in [1.165, 1.54) is 52.5 Å². The van der Waals surface area contributed by atoms with Crippen molar-refractivity contribution < 1.29 is 0 Å². The third-order valence-electron chi connectivity index (χ3n) is 5.10. The number of hydrogen-bond donors (Lipinski definition) is 0. The molecule has 3 aromatic rings. The van der Waals surface area contributed by atoms with E-state index in [0.29, 0.717) is 0 Å². The molecule has 0 N–H and O–H groups in total. The SMILES string of the molecule is CCc1cnc(-c2cccc3c4c(sc23)CCCC4)cc1CC. The third-order valence-corrected chi connectivity index (χ3v) is 6.44. The van der Waals surface area contributed by atoms with Gasteiger partial charge in [0.05, 0.1) is 5.69 Å². The van der Waals surface area contributed by atoms with Crippen LogP contribution < -0.4 is 0 Å². The van der Waals surface area contributed by atoms with Gasteiger partial charge in [-0.05, 0) is 66.7 Å². The van der Waals surface area contributed by atoms with Crippen LogP contribution in [0.5, 0.6) is 0 Å². The fraction of sp³-hybridized carbons (Fsp3) is 0.381. The molecule has 4 rings (SSSR count). The van der Waals surface area contributed by atoms with Crippen molar-refractivity contribution in [2.45, 2.75) is 52.4 Å². The maximum atomic E-state index is 4.79. The zero-order valence-corrected chi connectivity index (χ0v) is 14.8. The van der Waals surface area contributed by atoms with E-state index in [2.05, 4.69) is 44.3 Å². The molecule has 0 aliphatic heterocycles. The first-order valence-corrected chi connectivity index (χ1v) is 9.65. The van der Waals surface area contributed by atoms with Gasteiger partial charge >= 0.3 is 0 Å². The predicted octanol–water partition coefficient (Wildman–Crippen LogP) is 5.97. The minimum absolute atomic E-state index is 1.06. The molecule has 0 saturated carbocycles. The minimum Gasteiger partial charge on any atom is -0.256 e. The molecule has 0 radical (unpaired) electrons. The van der Waals surface area contributed by atoms with Gasteiger partial charge in [-0.2, -0.15) is 0 Å². The molecule has 2 heterocycles. The molecule has 1 aliphatic rings. The zero-order valence-electron chi connectivity index (χ0n) is 14.0. The van der Waals surface area contributed by atoms with Gasteiger partial charge in [0.25, 0.3) is 0 Å². The summed E-state index contributed by atoms with van der Waals surface area (Å²) in [6.45, 7) is 4.45. The Balaban J connectivity index is 1.90. The van der Waals surface area contributed by atoms with Crippen molar-refractivity contribution in [2.24, 2.45) is 0 Å². The Labute approximate surface area is 142 Å². The van der Waals surface area contributed by atoms with Crippen molar-refractivity contribution in [3.8, 4) is 11.3 Å². The summed E-state index contributed by atoms with van der Waals surface area (Å²) in [7, 11) is 0. The number of thiophene rings is 1. The zero-order chi connectivity index (χ0) is 15.8. The number of fused-ring (bicyclic) bond motifs is 3. The summed E-state index contributed by atoms with van der Waals surface area (Å²) in [6, 6.07) is 9.07. The number of nitrogens with zero attached hydrogens (tertiary/aromatic N) is 1. The van der Waals surface area contributed by atoms with E-state index in [0.717, 1.165) is 18.5 Å². The Morgan fingerprint density at radius 3 is 2.70 bits per heavy atom. The summed E-state index contributed by atoms with van der Waals surface area (Å²) in [4.78, 5) is 6.40. The maximum Gasteiger partial charge on any atom is 0.0719 e. The lowest BCUT2D eigenvalue weighted by Gasteiger charge is -2.10. The summed E-state index contributed by atoms with van der Waals surface area (Å²) >= 11 is 2.00. The molecule has 0 fully saturated rings. The number of aryl methyl sites for hydroxylation is 4. The molecular weight excluding hydrogens is 298 g/mol. The summed E-state index contributed by atoms with van der Waals surface area (Å²) in [6.07, 6.45) is 9.42. The number of benzene rings is 1. The maximum absolute atomic E-state index is 4.79. The second-order valence-corrected chi connectivity index (χ2v) is 7.54. The van der Waals surface area contributed by atoms with Crippen molar-refractivity contribution in [1.29, 1.82) is 0 Å². The Morgan fingerprint density at radius 2 is 1.87 bits per heavy atom. The number of pyridine rings is 1. The lowest BCUT2D eigenvalue weighted by molar-refractivity contribution is 0.700. The largest absolute Gasteiger partial charge is 0.256 e. The van der Waals surface area contributed by atoms with Gasteiger partial charge in [0.2, 0.25) is 0 Å². The van der Waals surface area contributed by atoms with Gasteiger partial charge in [0.1, 0.15) is 0 Å². The van der Waals surface area contributed by atoms with Crippen LogP contribution in [-0.4, -0.2) is 4.98 Å². The molecule has 0 spiro atoms. The average molecular weight is 321 g/mol. The first-order chi connectivity index (χ1) is 11.3. The van der Waals surface area contributed by atoms with Crippen LogP contribution in [0.1, 0.15) is 48.3 Å². The molecule has 2 heteroatoms. The van der Waals surface area contributed by atoms with Gasteiger partial charge in [0.15, 0.2) is 0 Å². The second kappa shape index (κ2) is 6.09. The van der Waals surface area contributed by atoms with E-state index in [9.17, 15) is 0 Å². The molecule has 0 amide bonds. The Bertz CT molecular complexity index is 860. The first kappa shape index (κ1) is 14.9. The normalized spacial score (nSPS) is 14.2. The summed E-state index contributed by atoms with van der Waals surface area (Å²) in [5.74, 6) is 0. The number of hydrogen-bond acceptors (Lipinski definition) is 2. The molecule has 0 atom stereocenters. The molecule has 118 valence electrons. The van der Waals surface area contributed by atoms with E-state index in [4.69, 9.17) is 4.98 Å². The van der Waals surface area contributed by atoms with Gasteiger partial charge in [-0.25, -0.2) is 0 Å². The van der Waals surface area contributed by atoms with E-state index in [1.807, 2.05) is 11.3 Å². The first-order valence-electron chi connectivity index (χ1n) is 8.83. The van der Waals surface area contributed by atoms with E-state index < -0.39 is 0 Å². The fourth-order valence-electron chi connectivity index (χ4n) is 3.80. The van der Waals surface area contributed by atoms with Crippen LogP contribution in [0, 0.1) is 0 Å². The minimum atomic E-state index is 1.06. The molecule has 1 nitrogen and oxygen atoms in total. The summed E-state index contributed by atoms with van der Waals surface area (Å²) < 4.78 is 1.44. The summed E-state index contributed by atoms with van der Waals surface area (Å²) in [5.41, 5.74) is 6.89. The van der Waals surface area contributed by atoms with Crippen LogP contribution in [0.2, 0.25) is 0 Å². The summed E-state index contributed by atoms with van der Waals surface area (Å²) in [5, 5.41) is 1.47. The molecular formula is C21H23NS. The molecule has 0 unspecified atom stereocenters. The average Bonchev–Trinajstić information content (AvgIpc) is 3.00. The van der Waals surface area contributed by atoms with Gasteiger partial charge in [-0.3, -0.25) is 4.98 Å².